The third-order valence-corrected chi connectivity index (χ3v) is 9.31. The number of hydrogen-bond acceptors (Lipinski definition) is 16. The number of carbonyl (C=O) groups is 6. The largest absolute Gasteiger partial charge is 2.00 e. The molecule has 0 unspecified atom stereocenters. The van der Waals surface area contributed by atoms with Gasteiger partial charge in [0.2, 0.25) is 0 Å². The van der Waals surface area contributed by atoms with E-state index in [1.165, 1.54) is 0 Å². The van der Waals surface area contributed by atoms with E-state index in [0.717, 1.165) is 102 Å². The zero-order chi connectivity index (χ0) is 45.7. The Balaban J connectivity index is 0. The van der Waals surface area contributed by atoms with Crippen LogP contribution in [0.2, 0.25) is 0 Å². The molecular formula is C44H40N8O18Zn2+4. The fraction of sp³-hybridized carbons (Fsp3) is 0. The van der Waals surface area contributed by atoms with E-state index >= 15 is 0 Å². The molecular weight excluding hydrogens is 1060 g/mol. The van der Waals surface area contributed by atoms with Crippen LogP contribution < -0.4 is 20.4 Å². The van der Waals surface area contributed by atoms with Crippen molar-refractivity contribution < 1.29 is 131 Å². The molecule has 0 amide bonds. The molecule has 0 fully saturated rings. The van der Waals surface area contributed by atoms with Gasteiger partial charge in [0.25, 0.3) is 0 Å². The minimum absolute atomic E-state index is 0. The van der Waals surface area contributed by atoms with Gasteiger partial charge in [0.05, 0.1) is 91.8 Å². The van der Waals surface area contributed by atoms with Crippen molar-refractivity contribution in [3.63, 3.8) is 0 Å². The second kappa shape index (κ2) is 28.1. The first-order chi connectivity index (χ1) is 30.7. The third-order valence-electron chi connectivity index (χ3n) is 9.31. The van der Waals surface area contributed by atoms with Crippen molar-refractivity contribution in [3.05, 3.63) is 156 Å². The van der Waals surface area contributed by atoms with Crippen LogP contribution in [0.4, 0.5) is 0 Å². The summed E-state index contributed by atoms with van der Waals surface area (Å²) in [5.41, 5.74) is 4.62. The zero-order valence-corrected chi connectivity index (χ0v) is 42.9. The first-order valence-electron chi connectivity index (χ1n) is 18.2. The number of nitrogens with one attached hydrogen (secondary N) is 2. The number of pyridine rings is 4. The molecule has 0 spiro atoms. The summed E-state index contributed by atoms with van der Waals surface area (Å²) in [6.07, 6.45) is 10.6. The van der Waals surface area contributed by atoms with Gasteiger partial charge in [-0.3, -0.25) is 19.9 Å². The molecule has 0 radical (unpaired) electrons. The molecule has 20 N–H and O–H groups in total. The van der Waals surface area contributed by atoms with E-state index in [-0.39, 0.29) is 71.8 Å². The minimum atomic E-state index is -1.65. The van der Waals surface area contributed by atoms with Gasteiger partial charge in [-0.1, -0.05) is 0 Å². The number of carboxylic acid groups (broad SMARTS) is 6. The maximum atomic E-state index is 10.5. The normalized spacial score (nSPS) is 9.44. The number of benzene rings is 4. The average Bonchev–Trinajstić information content (AvgIpc) is 4.02. The Bertz CT molecular complexity index is 3010. The van der Waals surface area contributed by atoms with Crippen LogP contribution in [0.15, 0.2) is 122 Å². The van der Waals surface area contributed by atoms with Gasteiger partial charge in [0, 0.05) is 46.3 Å². The van der Waals surface area contributed by atoms with Gasteiger partial charge in [-0.05, 0) is 107 Å². The molecule has 28 heteroatoms. The number of aromatic nitrogens is 8. The number of fused-ring (bicyclic) bond motifs is 12. The van der Waals surface area contributed by atoms with Gasteiger partial charge >= 0.3 is 50.9 Å². The van der Waals surface area contributed by atoms with Crippen LogP contribution in [0, 0.1) is 0 Å². The van der Waals surface area contributed by atoms with Crippen LogP contribution >= 0.6 is 0 Å². The molecule has 6 heterocycles. The van der Waals surface area contributed by atoms with Crippen molar-refractivity contribution in [2.45, 2.75) is 0 Å². The van der Waals surface area contributed by atoms with E-state index in [9.17, 15) is 49.2 Å². The molecule has 0 saturated heterocycles. The zero-order valence-electron chi connectivity index (χ0n) is 36.9. The molecule has 0 atom stereocenters. The summed E-state index contributed by atoms with van der Waals surface area (Å²) in [6, 6.07) is 20.6. The van der Waals surface area contributed by atoms with E-state index in [1.54, 1.807) is 37.4 Å². The molecule has 0 bridgehead atoms. The van der Waals surface area contributed by atoms with E-state index in [4.69, 9.17) is 10.2 Å². The Morgan fingerprint density at radius 2 is 0.611 bits per heavy atom. The molecule has 10 rings (SSSR count). The van der Waals surface area contributed by atoms with E-state index < -0.39 is 69.2 Å². The number of H-pyrrole nitrogens is 2. The fourth-order valence-electron chi connectivity index (χ4n) is 6.54. The SMILES string of the molecule is O.O.O=C([O-])c1cc(C(=O)[O-])cc(C(=O)O)c1.O=C([O-])c1cc(C(=O)[O-])cc(C(=O)O)c1.[OH3+].[OH3+].[OH3+].[OH3+].[Zn+2].[Zn+2].c1cnc2c(c1)c1nc[nH]c1c1cccnc12.c1cnc2c(c1)c1nc[nH]c1c1cccnc12. The Labute approximate surface area is 426 Å². The van der Waals surface area contributed by atoms with Crippen molar-refractivity contribution in [1.29, 1.82) is 0 Å². The smallest absolute Gasteiger partial charge is 0.545 e. The predicted octanol–water partition coefficient (Wildman–Crippen LogP) is -3.80. The summed E-state index contributed by atoms with van der Waals surface area (Å²) >= 11 is 0. The molecule has 26 nitrogen and oxygen atoms in total. The topological polar surface area (TPSA) is 539 Å². The van der Waals surface area contributed by atoms with Gasteiger partial charge in [0.15, 0.2) is 0 Å². The maximum Gasteiger partial charge on any atom is 2.00 e. The van der Waals surface area contributed by atoms with Gasteiger partial charge < -0.3 is 92.6 Å². The van der Waals surface area contributed by atoms with Crippen LogP contribution in [-0.2, 0) is 60.9 Å². The first kappa shape index (κ1) is 65.4. The van der Waals surface area contributed by atoms with E-state index in [0.29, 0.717) is 0 Å². The number of hydrogen-bond donors (Lipinski definition) is 4. The van der Waals surface area contributed by atoms with Crippen molar-refractivity contribution in [2.75, 3.05) is 0 Å². The number of aromatic carboxylic acids is 6. The molecule has 4 aromatic carbocycles. The molecule has 0 aliphatic carbocycles. The van der Waals surface area contributed by atoms with E-state index in [2.05, 4.69) is 39.9 Å². The molecule has 0 saturated carbocycles. The number of aromatic amines is 2. The van der Waals surface area contributed by atoms with Gasteiger partial charge in [-0.15, -0.1) is 0 Å². The number of carbonyl (C=O) groups excluding carboxylic acids is 4. The molecule has 364 valence electrons. The van der Waals surface area contributed by atoms with Crippen LogP contribution in [0.3, 0.4) is 0 Å². The Kier molecular flexibility index (Phi) is 25.5. The molecule has 6 aromatic heterocycles. The predicted molar refractivity (Wildman–Crippen MR) is 244 cm³/mol. The summed E-state index contributed by atoms with van der Waals surface area (Å²) in [4.78, 5) is 95.6. The van der Waals surface area contributed by atoms with Crippen molar-refractivity contribution >= 4 is 101 Å². The first-order valence-corrected chi connectivity index (χ1v) is 18.2. The number of carboxylic acids is 6. The molecule has 0 aliphatic rings. The van der Waals surface area contributed by atoms with Crippen LogP contribution in [-0.4, -0.2) is 96.9 Å². The Morgan fingerprint density at radius 3 is 0.861 bits per heavy atom. The summed E-state index contributed by atoms with van der Waals surface area (Å²) in [5, 5.41) is 63.1. The van der Waals surface area contributed by atoms with Gasteiger partial charge in [-0.2, -0.15) is 0 Å². The standard InChI is InChI=1S/2C13H8N4.2C9H6O6.6H2O.2Zn/c2*1-3-8-10(14-5-1)11-9(4-2-6-15-11)13-12(8)16-7-17-13;2*10-7(11)4-1-5(8(12)13)3-6(2-4)9(14)15;;;;;;;;/h2*1-7H,(H,16,17);2*1-3H,(H,10,11)(H,12,13)(H,14,15);6*1H2;;/q;;;;;;;;;;2*+2. The van der Waals surface area contributed by atoms with Gasteiger partial charge in [-0.25, -0.2) is 19.6 Å². The summed E-state index contributed by atoms with van der Waals surface area (Å²) in [7, 11) is 0. The molecule has 10 aromatic rings. The third kappa shape index (κ3) is 13.7. The number of imidazole rings is 2. The Hall–Kier alpha value is -8.71. The van der Waals surface area contributed by atoms with Crippen LogP contribution in [0.25, 0.3) is 65.7 Å². The average molecular weight is 1100 g/mol. The van der Waals surface area contributed by atoms with Crippen molar-refractivity contribution in [2.24, 2.45) is 0 Å². The summed E-state index contributed by atoms with van der Waals surface area (Å²) in [6.45, 7) is 0. The van der Waals surface area contributed by atoms with E-state index in [1.807, 2.05) is 48.5 Å². The quantitative estimate of drug-likeness (QED) is 0.0705. The summed E-state index contributed by atoms with van der Waals surface area (Å²) in [5.74, 6) is -9.47. The Morgan fingerprint density at radius 1 is 0.375 bits per heavy atom. The molecule has 0 aliphatic heterocycles. The second-order valence-corrected chi connectivity index (χ2v) is 13.2. The van der Waals surface area contributed by atoms with Gasteiger partial charge in [0.1, 0.15) is 0 Å². The number of rotatable bonds is 6. The van der Waals surface area contributed by atoms with Crippen molar-refractivity contribution in [3.8, 4) is 0 Å². The molecule has 72 heavy (non-hydrogen) atoms. The van der Waals surface area contributed by atoms with Crippen LogP contribution in [0.5, 0.6) is 0 Å². The fourth-order valence-corrected chi connectivity index (χ4v) is 6.54. The second-order valence-electron chi connectivity index (χ2n) is 13.2. The maximum absolute atomic E-state index is 10.5. The van der Waals surface area contributed by atoms with Crippen molar-refractivity contribution in [1.82, 2.24) is 39.9 Å². The monoisotopic (exact) mass is 1100 g/mol. The van der Waals surface area contributed by atoms with Crippen LogP contribution in [0.1, 0.15) is 62.1 Å². The summed E-state index contributed by atoms with van der Waals surface area (Å²) < 4.78 is 0. The number of nitrogens with zero attached hydrogens (tertiary/aromatic N) is 6. The minimum Gasteiger partial charge on any atom is -0.545 e.